The predicted molar refractivity (Wildman–Crippen MR) is 107 cm³/mol. The average Bonchev–Trinajstić information content (AvgIpc) is 3.15. The predicted octanol–water partition coefficient (Wildman–Crippen LogP) is 2.82. The second-order valence-electron chi connectivity index (χ2n) is 7.09. The number of furan rings is 1. The highest BCUT2D eigenvalue weighted by Gasteiger charge is 2.28. The third-order valence-electron chi connectivity index (χ3n) is 5.11. The molecular weight excluding hydrogens is 358 g/mol. The molecule has 0 spiro atoms. The quantitative estimate of drug-likeness (QED) is 0.799. The number of carbonyl (C=O) groups excluding carboxylic acids is 2. The number of benzene rings is 1. The van der Waals surface area contributed by atoms with E-state index in [1.54, 1.807) is 19.2 Å². The number of piperidine rings is 1. The molecule has 1 unspecified atom stereocenters. The molecule has 1 aliphatic rings. The molecular formula is C21H27N3O4. The molecule has 0 aliphatic carbocycles. The van der Waals surface area contributed by atoms with Gasteiger partial charge in [0.25, 0.3) is 5.91 Å². The van der Waals surface area contributed by atoms with Crippen LogP contribution >= 0.6 is 0 Å². The molecule has 2 amide bonds. The van der Waals surface area contributed by atoms with Crippen LogP contribution in [0, 0.1) is 6.92 Å². The highest BCUT2D eigenvalue weighted by molar-refractivity contribution is 5.94. The Morgan fingerprint density at radius 2 is 1.82 bits per heavy atom. The first-order valence-corrected chi connectivity index (χ1v) is 9.52. The molecule has 1 atom stereocenters. The monoisotopic (exact) mass is 385 g/mol. The largest absolute Gasteiger partial charge is 0.497 e. The lowest BCUT2D eigenvalue weighted by molar-refractivity contribution is -0.121. The molecule has 1 aromatic heterocycles. The Morgan fingerprint density at radius 3 is 2.39 bits per heavy atom. The van der Waals surface area contributed by atoms with E-state index in [1.165, 1.54) is 0 Å². The zero-order valence-electron chi connectivity index (χ0n) is 16.5. The summed E-state index contributed by atoms with van der Waals surface area (Å²) in [6.45, 7) is 5.22. The lowest BCUT2D eigenvalue weighted by atomic mass is 10.0. The van der Waals surface area contributed by atoms with Gasteiger partial charge in [0.1, 0.15) is 11.5 Å². The van der Waals surface area contributed by atoms with Gasteiger partial charge in [0, 0.05) is 24.8 Å². The molecule has 1 aliphatic heterocycles. The number of likely N-dealkylation sites (tertiary alicyclic amines) is 1. The van der Waals surface area contributed by atoms with Crippen molar-refractivity contribution in [1.82, 2.24) is 10.2 Å². The zero-order chi connectivity index (χ0) is 20.1. The van der Waals surface area contributed by atoms with Gasteiger partial charge in [0.05, 0.1) is 13.2 Å². The standard InChI is InChI=1S/C21H27N3O4/c1-14-4-9-19(28-14)21(26)23-17-10-12-24(13-11-17)15(2)20(25)22-16-5-7-18(27-3)8-6-16/h4-9,15,17H,10-13H2,1-3H3,(H,22,25)(H,23,26). The van der Waals surface area contributed by atoms with Gasteiger partial charge in [-0.15, -0.1) is 0 Å². The van der Waals surface area contributed by atoms with Crippen LogP contribution in [-0.4, -0.2) is 49.0 Å². The molecule has 7 nitrogen and oxygen atoms in total. The summed E-state index contributed by atoms with van der Waals surface area (Å²) in [5.41, 5.74) is 0.744. The first kappa shape index (κ1) is 19.9. The third-order valence-corrected chi connectivity index (χ3v) is 5.11. The van der Waals surface area contributed by atoms with Gasteiger partial charge in [-0.2, -0.15) is 0 Å². The minimum Gasteiger partial charge on any atom is -0.497 e. The maximum atomic E-state index is 12.5. The van der Waals surface area contributed by atoms with Crippen molar-refractivity contribution >= 4 is 17.5 Å². The molecule has 1 saturated heterocycles. The molecule has 2 aromatic rings. The number of anilines is 1. The van der Waals surface area contributed by atoms with Gasteiger partial charge in [-0.05, 0) is 63.1 Å². The maximum absolute atomic E-state index is 12.5. The van der Waals surface area contributed by atoms with Gasteiger partial charge in [0.15, 0.2) is 5.76 Å². The smallest absolute Gasteiger partial charge is 0.287 e. The van der Waals surface area contributed by atoms with Crippen molar-refractivity contribution in [2.24, 2.45) is 0 Å². The van der Waals surface area contributed by atoms with E-state index in [2.05, 4.69) is 15.5 Å². The summed E-state index contributed by atoms with van der Waals surface area (Å²) in [5, 5.41) is 5.96. The van der Waals surface area contributed by atoms with Gasteiger partial charge >= 0.3 is 0 Å². The number of hydrogen-bond acceptors (Lipinski definition) is 5. The fraction of sp³-hybridized carbons (Fsp3) is 0.429. The molecule has 150 valence electrons. The number of methoxy groups -OCH3 is 1. The Morgan fingerprint density at radius 1 is 1.14 bits per heavy atom. The SMILES string of the molecule is COc1ccc(NC(=O)C(C)N2CCC(NC(=O)c3ccc(C)o3)CC2)cc1. The number of amides is 2. The van der Waals surface area contributed by atoms with Gasteiger partial charge in [-0.25, -0.2) is 0 Å². The molecule has 1 fully saturated rings. The molecule has 3 rings (SSSR count). The number of hydrogen-bond donors (Lipinski definition) is 2. The fourth-order valence-corrected chi connectivity index (χ4v) is 3.33. The number of ether oxygens (including phenoxy) is 1. The second kappa shape index (κ2) is 8.93. The Balaban J connectivity index is 1.46. The van der Waals surface area contributed by atoms with Crippen molar-refractivity contribution < 1.29 is 18.7 Å². The van der Waals surface area contributed by atoms with Crippen molar-refractivity contribution in [3.05, 3.63) is 47.9 Å². The van der Waals surface area contributed by atoms with Crippen LogP contribution in [0.1, 0.15) is 36.1 Å². The zero-order valence-corrected chi connectivity index (χ0v) is 16.5. The number of carbonyl (C=O) groups is 2. The minimum absolute atomic E-state index is 0.0429. The summed E-state index contributed by atoms with van der Waals surface area (Å²) in [6, 6.07) is 10.6. The van der Waals surface area contributed by atoms with E-state index in [-0.39, 0.29) is 23.9 Å². The van der Waals surface area contributed by atoms with Crippen LogP contribution in [0.5, 0.6) is 5.75 Å². The summed E-state index contributed by atoms with van der Waals surface area (Å²) in [4.78, 5) is 26.9. The number of nitrogens with zero attached hydrogens (tertiary/aromatic N) is 1. The molecule has 1 aromatic carbocycles. The average molecular weight is 385 g/mol. The van der Waals surface area contributed by atoms with Gasteiger partial charge in [0.2, 0.25) is 5.91 Å². The highest BCUT2D eigenvalue weighted by Crippen LogP contribution is 2.18. The van der Waals surface area contributed by atoms with Crippen LogP contribution in [0.15, 0.2) is 40.8 Å². The number of nitrogens with one attached hydrogen (secondary N) is 2. The van der Waals surface area contributed by atoms with Crippen LogP contribution in [0.4, 0.5) is 5.69 Å². The summed E-state index contributed by atoms with van der Waals surface area (Å²) >= 11 is 0. The first-order valence-electron chi connectivity index (χ1n) is 9.52. The van der Waals surface area contributed by atoms with Crippen LogP contribution in [0.3, 0.4) is 0 Å². The molecule has 0 bridgehead atoms. The Labute approximate surface area is 165 Å². The highest BCUT2D eigenvalue weighted by atomic mass is 16.5. The van der Waals surface area contributed by atoms with Gasteiger partial charge < -0.3 is 19.8 Å². The minimum atomic E-state index is -0.244. The topological polar surface area (TPSA) is 83.8 Å². The van der Waals surface area contributed by atoms with Crippen molar-refractivity contribution in [2.45, 2.75) is 38.8 Å². The molecule has 2 N–H and O–H groups in total. The van der Waals surface area contributed by atoms with E-state index < -0.39 is 0 Å². The Hall–Kier alpha value is -2.80. The lowest BCUT2D eigenvalue weighted by Crippen LogP contribution is -2.50. The molecule has 28 heavy (non-hydrogen) atoms. The second-order valence-corrected chi connectivity index (χ2v) is 7.09. The van der Waals surface area contributed by atoms with E-state index in [1.807, 2.05) is 38.1 Å². The maximum Gasteiger partial charge on any atom is 0.287 e. The Kier molecular flexibility index (Phi) is 6.36. The first-order chi connectivity index (χ1) is 13.5. The number of rotatable bonds is 6. The van der Waals surface area contributed by atoms with E-state index in [4.69, 9.17) is 9.15 Å². The van der Waals surface area contributed by atoms with Gasteiger partial charge in [-0.1, -0.05) is 0 Å². The van der Waals surface area contributed by atoms with Crippen LogP contribution < -0.4 is 15.4 Å². The van der Waals surface area contributed by atoms with Crippen LogP contribution in [0.2, 0.25) is 0 Å². The summed E-state index contributed by atoms with van der Waals surface area (Å²) in [7, 11) is 1.61. The van der Waals surface area contributed by atoms with E-state index in [0.29, 0.717) is 5.76 Å². The lowest BCUT2D eigenvalue weighted by Gasteiger charge is -2.35. The molecule has 7 heteroatoms. The molecule has 0 saturated carbocycles. The van der Waals surface area contributed by atoms with Crippen molar-refractivity contribution in [1.29, 1.82) is 0 Å². The number of aryl methyl sites for hydroxylation is 1. The van der Waals surface area contributed by atoms with Gasteiger partial charge in [-0.3, -0.25) is 14.5 Å². The normalized spacial score (nSPS) is 16.4. The summed E-state index contributed by atoms with van der Waals surface area (Å²) in [5.74, 6) is 1.58. The van der Waals surface area contributed by atoms with E-state index in [9.17, 15) is 9.59 Å². The van der Waals surface area contributed by atoms with E-state index >= 15 is 0 Å². The van der Waals surface area contributed by atoms with Crippen molar-refractivity contribution in [3.63, 3.8) is 0 Å². The fourth-order valence-electron chi connectivity index (χ4n) is 3.33. The Bertz CT molecular complexity index is 807. The molecule has 2 heterocycles. The summed E-state index contributed by atoms with van der Waals surface area (Å²) < 4.78 is 10.5. The van der Waals surface area contributed by atoms with E-state index in [0.717, 1.165) is 43.1 Å². The van der Waals surface area contributed by atoms with Crippen LogP contribution in [-0.2, 0) is 4.79 Å². The van der Waals surface area contributed by atoms with Crippen LogP contribution in [0.25, 0.3) is 0 Å². The van der Waals surface area contributed by atoms with Crippen molar-refractivity contribution in [3.8, 4) is 5.75 Å². The third kappa shape index (κ3) is 4.92. The summed E-state index contributed by atoms with van der Waals surface area (Å²) in [6.07, 6.45) is 1.59. The molecule has 0 radical (unpaired) electrons. The van der Waals surface area contributed by atoms with Crippen molar-refractivity contribution in [2.75, 3.05) is 25.5 Å².